The molecule has 0 fully saturated rings. The Morgan fingerprint density at radius 1 is 1.41 bits per heavy atom. The predicted octanol–water partition coefficient (Wildman–Crippen LogP) is 2.44. The van der Waals surface area contributed by atoms with E-state index in [4.69, 9.17) is 0 Å². The topological polar surface area (TPSA) is 64.1 Å². The van der Waals surface area contributed by atoms with Crippen molar-refractivity contribution in [1.82, 2.24) is 10.2 Å². The zero-order chi connectivity index (χ0) is 12.5. The molecule has 0 spiro atoms. The van der Waals surface area contributed by atoms with E-state index < -0.39 is 11.4 Å². The van der Waals surface area contributed by atoms with E-state index in [-0.39, 0.29) is 4.75 Å². The van der Waals surface area contributed by atoms with E-state index >= 15 is 0 Å². The Bertz CT molecular complexity index is 542. The maximum absolute atomic E-state index is 11.8. The van der Waals surface area contributed by atoms with Crippen molar-refractivity contribution in [3.8, 4) is 0 Å². The minimum Gasteiger partial charge on any atom is -0.591 e. The van der Waals surface area contributed by atoms with Crippen LogP contribution in [0.3, 0.4) is 0 Å². The lowest BCUT2D eigenvalue weighted by Crippen LogP contribution is -2.25. The molecule has 4 nitrogen and oxygen atoms in total. The van der Waals surface area contributed by atoms with Crippen LogP contribution < -0.4 is 0 Å². The number of aromatic amines is 1. The number of nitrogens with zero attached hydrogens (tertiary/aromatic N) is 2. The molecule has 0 radical (unpaired) electrons. The Balaban J connectivity index is 2.30. The standard InChI is InChI=1S/C12H15N3OS/c1-12(2,3)17(16)14-8-10-6-4-5-9-7-13-15-11(9)10/h4-8H,1-3H3,(H,13,15). The van der Waals surface area contributed by atoms with Crippen LogP contribution >= 0.6 is 0 Å². The molecule has 0 bridgehead atoms. The van der Waals surface area contributed by atoms with Gasteiger partial charge in [0.25, 0.3) is 0 Å². The molecule has 1 N–H and O–H groups in total. The molecule has 17 heavy (non-hydrogen) atoms. The summed E-state index contributed by atoms with van der Waals surface area (Å²) in [4.78, 5) is 0. The Morgan fingerprint density at radius 2 is 2.18 bits per heavy atom. The lowest BCUT2D eigenvalue weighted by atomic mass is 10.2. The minimum atomic E-state index is -1.24. The molecule has 1 unspecified atom stereocenters. The molecule has 0 saturated carbocycles. The monoisotopic (exact) mass is 249 g/mol. The van der Waals surface area contributed by atoms with Crippen LogP contribution in [0.15, 0.2) is 28.8 Å². The molecular formula is C12H15N3OS. The van der Waals surface area contributed by atoms with Gasteiger partial charge in [-0.3, -0.25) is 5.10 Å². The molecule has 90 valence electrons. The van der Waals surface area contributed by atoms with E-state index in [1.165, 1.54) is 0 Å². The fourth-order valence-corrected chi connectivity index (χ4v) is 1.88. The van der Waals surface area contributed by atoms with Gasteiger partial charge < -0.3 is 4.55 Å². The molecule has 1 aromatic carbocycles. The minimum absolute atomic E-state index is 0.337. The largest absolute Gasteiger partial charge is 0.591 e. The molecule has 5 heteroatoms. The molecule has 1 atom stereocenters. The predicted molar refractivity (Wildman–Crippen MR) is 71.6 cm³/mol. The molecule has 0 aliphatic rings. The first-order valence-corrected chi connectivity index (χ1v) is 6.48. The molecule has 0 amide bonds. The Labute approximate surface area is 103 Å². The van der Waals surface area contributed by atoms with Crippen LogP contribution in [0.25, 0.3) is 10.9 Å². The second-order valence-corrected chi connectivity index (χ2v) is 6.70. The number of hydrogen-bond acceptors (Lipinski definition) is 3. The summed E-state index contributed by atoms with van der Waals surface area (Å²) >= 11 is -1.24. The Hall–Kier alpha value is -1.33. The van der Waals surface area contributed by atoms with Crippen molar-refractivity contribution in [2.24, 2.45) is 4.40 Å². The van der Waals surface area contributed by atoms with Crippen molar-refractivity contribution in [2.75, 3.05) is 0 Å². The first kappa shape index (κ1) is 12.1. The van der Waals surface area contributed by atoms with Crippen LogP contribution in [0.1, 0.15) is 26.3 Å². The third-order valence-corrected chi connectivity index (χ3v) is 3.65. The number of benzene rings is 1. The van der Waals surface area contributed by atoms with Crippen molar-refractivity contribution in [3.05, 3.63) is 30.0 Å². The van der Waals surface area contributed by atoms with Gasteiger partial charge >= 0.3 is 0 Å². The zero-order valence-corrected chi connectivity index (χ0v) is 10.9. The van der Waals surface area contributed by atoms with Gasteiger partial charge in [-0.05, 0) is 20.8 Å². The Morgan fingerprint density at radius 3 is 2.88 bits per heavy atom. The van der Waals surface area contributed by atoms with Crippen LogP contribution in [0, 0.1) is 0 Å². The van der Waals surface area contributed by atoms with E-state index in [2.05, 4.69) is 14.6 Å². The highest BCUT2D eigenvalue weighted by Gasteiger charge is 2.25. The maximum Gasteiger partial charge on any atom is 0.144 e. The molecule has 0 aliphatic heterocycles. The van der Waals surface area contributed by atoms with Gasteiger partial charge in [0, 0.05) is 17.1 Å². The van der Waals surface area contributed by atoms with E-state index in [0.29, 0.717) is 0 Å². The lowest BCUT2D eigenvalue weighted by Gasteiger charge is -2.17. The Kier molecular flexibility index (Phi) is 3.22. The number of aromatic nitrogens is 2. The summed E-state index contributed by atoms with van der Waals surface area (Å²) in [5, 5.41) is 7.98. The van der Waals surface area contributed by atoms with Crippen molar-refractivity contribution in [1.29, 1.82) is 0 Å². The first-order chi connectivity index (χ1) is 7.98. The van der Waals surface area contributed by atoms with E-state index in [1.54, 1.807) is 6.21 Å². The smallest absolute Gasteiger partial charge is 0.144 e. The van der Waals surface area contributed by atoms with Crippen LogP contribution in [-0.2, 0) is 11.4 Å². The maximum atomic E-state index is 11.8. The average molecular weight is 249 g/mol. The molecule has 1 aromatic heterocycles. The van der Waals surface area contributed by atoms with Crippen molar-refractivity contribution < 1.29 is 4.55 Å². The van der Waals surface area contributed by atoms with Crippen molar-refractivity contribution in [2.45, 2.75) is 25.5 Å². The summed E-state index contributed by atoms with van der Waals surface area (Å²) in [6.45, 7) is 5.70. The molecule has 2 rings (SSSR count). The summed E-state index contributed by atoms with van der Waals surface area (Å²) in [5.41, 5.74) is 1.73. The quantitative estimate of drug-likeness (QED) is 0.656. The van der Waals surface area contributed by atoms with Gasteiger partial charge in [-0.25, -0.2) is 0 Å². The van der Waals surface area contributed by atoms with Crippen LogP contribution in [0.5, 0.6) is 0 Å². The van der Waals surface area contributed by atoms with Crippen molar-refractivity contribution in [3.63, 3.8) is 0 Å². The third-order valence-electron chi connectivity index (χ3n) is 2.31. The highest BCUT2D eigenvalue weighted by atomic mass is 32.2. The van der Waals surface area contributed by atoms with Gasteiger partial charge in [0.05, 0.1) is 6.21 Å². The highest BCUT2D eigenvalue weighted by Crippen LogP contribution is 2.18. The summed E-state index contributed by atoms with van der Waals surface area (Å²) in [7, 11) is 0. The fraction of sp³-hybridized carbons (Fsp3) is 0.333. The summed E-state index contributed by atoms with van der Waals surface area (Å²) in [6, 6.07) is 5.81. The second-order valence-electron chi connectivity index (χ2n) is 4.77. The molecule has 0 saturated heterocycles. The normalized spacial score (nSPS) is 14.6. The van der Waals surface area contributed by atoms with Gasteiger partial charge in [-0.1, -0.05) is 22.6 Å². The number of rotatable bonds is 2. The van der Waals surface area contributed by atoms with Gasteiger partial charge in [0.2, 0.25) is 0 Å². The number of nitrogens with one attached hydrogen (secondary N) is 1. The number of para-hydroxylation sites is 1. The van der Waals surface area contributed by atoms with Gasteiger partial charge in [-0.2, -0.15) is 5.10 Å². The third kappa shape index (κ3) is 2.68. The number of fused-ring (bicyclic) bond motifs is 1. The fourth-order valence-electron chi connectivity index (χ4n) is 1.36. The van der Waals surface area contributed by atoms with E-state index in [9.17, 15) is 4.55 Å². The van der Waals surface area contributed by atoms with Crippen LogP contribution in [0.4, 0.5) is 0 Å². The zero-order valence-electron chi connectivity index (χ0n) is 10.1. The summed E-state index contributed by atoms with van der Waals surface area (Å²) in [6.07, 6.45) is 3.46. The second kappa shape index (κ2) is 4.50. The average Bonchev–Trinajstić information content (AvgIpc) is 2.72. The molecule has 0 aliphatic carbocycles. The number of H-pyrrole nitrogens is 1. The van der Waals surface area contributed by atoms with E-state index in [0.717, 1.165) is 16.5 Å². The first-order valence-electron chi connectivity index (χ1n) is 5.37. The van der Waals surface area contributed by atoms with Gasteiger partial charge in [0.1, 0.15) is 21.6 Å². The number of hydrogen-bond donors (Lipinski definition) is 1. The molecular weight excluding hydrogens is 234 g/mol. The van der Waals surface area contributed by atoms with Gasteiger partial charge in [0.15, 0.2) is 0 Å². The van der Waals surface area contributed by atoms with Crippen LogP contribution in [0.2, 0.25) is 0 Å². The van der Waals surface area contributed by atoms with Crippen LogP contribution in [-0.4, -0.2) is 25.7 Å². The highest BCUT2D eigenvalue weighted by molar-refractivity contribution is 7.91. The van der Waals surface area contributed by atoms with Crippen molar-refractivity contribution >= 4 is 28.5 Å². The summed E-state index contributed by atoms with van der Waals surface area (Å²) < 4.78 is 15.5. The van der Waals surface area contributed by atoms with Gasteiger partial charge in [-0.15, -0.1) is 0 Å². The summed E-state index contributed by atoms with van der Waals surface area (Å²) in [5.74, 6) is 0. The van der Waals surface area contributed by atoms with E-state index in [1.807, 2.05) is 45.2 Å². The molecule has 2 aromatic rings. The molecule has 1 heterocycles. The SMILES string of the molecule is CC(C)(C)[S+]([O-])N=Cc1cccc2c[nH]nc12. The lowest BCUT2D eigenvalue weighted by molar-refractivity contribution is 0.562.